The molecule has 0 aliphatic carbocycles. The fraction of sp³-hybridized carbons (Fsp3) is 1.00. The van der Waals surface area contributed by atoms with Crippen LogP contribution in [0.2, 0.25) is 0 Å². The summed E-state index contributed by atoms with van der Waals surface area (Å²) in [7, 11) is 0. The molecule has 0 aromatic heterocycles. The number of hydrogen-bond donors (Lipinski definition) is 1. The van der Waals surface area contributed by atoms with Crippen LogP contribution in [0.5, 0.6) is 0 Å². The molecule has 0 bridgehead atoms. The van der Waals surface area contributed by atoms with E-state index in [-0.39, 0.29) is 11.5 Å². The Bertz CT molecular complexity index is 278. The SMILES string of the molecule is CCCCCCCCCCCCCCCC(CC)(CO)[N+](=O)[O-]. The Labute approximate surface area is 143 Å². The largest absolute Gasteiger partial charge is 0.389 e. The predicted octanol–water partition coefficient (Wildman–Crippen LogP) is 5.89. The molecule has 1 unspecified atom stereocenters. The minimum Gasteiger partial charge on any atom is -0.389 e. The van der Waals surface area contributed by atoms with E-state index in [4.69, 9.17) is 0 Å². The standard InChI is InChI=1S/C19H39NO3/c1-3-5-6-7-8-9-10-11-12-13-14-15-16-17-19(4-2,18-21)20(22)23/h21H,3-18H2,1-2H3. The Morgan fingerprint density at radius 2 is 1.17 bits per heavy atom. The summed E-state index contributed by atoms with van der Waals surface area (Å²) in [6.45, 7) is 3.71. The van der Waals surface area contributed by atoms with E-state index in [0.717, 1.165) is 12.8 Å². The molecule has 23 heavy (non-hydrogen) atoms. The molecule has 0 aliphatic heterocycles. The molecular weight excluding hydrogens is 290 g/mol. The number of aliphatic hydroxyl groups is 1. The van der Waals surface area contributed by atoms with E-state index in [1.807, 2.05) is 0 Å². The van der Waals surface area contributed by atoms with Crippen molar-refractivity contribution in [1.82, 2.24) is 0 Å². The van der Waals surface area contributed by atoms with Crippen molar-refractivity contribution in [3.63, 3.8) is 0 Å². The van der Waals surface area contributed by atoms with Gasteiger partial charge in [0.15, 0.2) is 0 Å². The molecule has 0 aliphatic rings. The Morgan fingerprint density at radius 1 is 0.783 bits per heavy atom. The third-order valence-corrected chi connectivity index (χ3v) is 5.09. The van der Waals surface area contributed by atoms with Gasteiger partial charge >= 0.3 is 0 Å². The van der Waals surface area contributed by atoms with Crippen LogP contribution in [0.15, 0.2) is 0 Å². The summed E-state index contributed by atoms with van der Waals surface area (Å²) in [6, 6.07) is 0. The molecule has 0 aromatic rings. The lowest BCUT2D eigenvalue weighted by molar-refractivity contribution is -0.575. The van der Waals surface area contributed by atoms with Crippen molar-refractivity contribution in [3.8, 4) is 0 Å². The number of rotatable bonds is 17. The van der Waals surface area contributed by atoms with Crippen LogP contribution in [0, 0.1) is 10.1 Å². The molecular formula is C19H39NO3. The smallest absolute Gasteiger partial charge is 0.244 e. The summed E-state index contributed by atoms with van der Waals surface area (Å²) in [4.78, 5) is 10.8. The van der Waals surface area contributed by atoms with E-state index < -0.39 is 5.54 Å². The maximum Gasteiger partial charge on any atom is 0.244 e. The van der Waals surface area contributed by atoms with E-state index in [2.05, 4.69) is 6.92 Å². The molecule has 4 heteroatoms. The second kappa shape index (κ2) is 14.9. The third-order valence-electron chi connectivity index (χ3n) is 5.09. The zero-order chi connectivity index (χ0) is 17.4. The monoisotopic (exact) mass is 329 g/mol. The fourth-order valence-electron chi connectivity index (χ4n) is 3.12. The van der Waals surface area contributed by atoms with Crippen LogP contribution in [-0.2, 0) is 0 Å². The highest BCUT2D eigenvalue weighted by Crippen LogP contribution is 2.23. The maximum atomic E-state index is 11.1. The van der Waals surface area contributed by atoms with E-state index in [1.165, 1.54) is 70.6 Å². The van der Waals surface area contributed by atoms with Crippen molar-refractivity contribution < 1.29 is 10.0 Å². The topological polar surface area (TPSA) is 63.4 Å². The molecule has 0 saturated heterocycles. The Morgan fingerprint density at radius 3 is 1.48 bits per heavy atom. The first-order valence-electron chi connectivity index (χ1n) is 9.88. The highest BCUT2D eigenvalue weighted by Gasteiger charge is 2.39. The van der Waals surface area contributed by atoms with Crippen LogP contribution < -0.4 is 0 Å². The van der Waals surface area contributed by atoms with Crippen LogP contribution in [0.3, 0.4) is 0 Å². The van der Waals surface area contributed by atoms with Crippen LogP contribution in [-0.4, -0.2) is 22.2 Å². The summed E-state index contributed by atoms with van der Waals surface area (Å²) in [5.74, 6) is 0. The van der Waals surface area contributed by atoms with Gasteiger partial charge in [-0.05, 0) is 6.42 Å². The highest BCUT2D eigenvalue weighted by atomic mass is 16.6. The van der Waals surface area contributed by atoms with Gasteiger partial charge in [-0.1, -0.05) is 90.9 Å². The Kier molecular flexibility index (Phi) is 14.5. The molecule has 0 fully saturated rings. The second-order valence-electron chi connectivity index (χ2n) is 6.99. The molecule has 0 heterocycles. The van der Waals surface area contributed by atoms with Gasteiger partial charge in [0.2, 0.25) is 5.54 Å². The molecule has 0 spiro atoms. The summed E-state index contributed by atoms with van der Waals surface area (Å²) in [5, 5.41) is 20.4. The first-order valence-corrected chi connectivity index (χ1v) is 9.88. The lowest BCUT2D eigenvalue weighted by Gasteiger charge is -2.21. The Balaban J connectivity index is 3.41. The maximum absolute atomic E-state index is 11.1. The Hall–Kier alpha value is -0.640. The van der Waals surface area contributed by atoms with Gasteiger partial charge in [0.05, 0.1) is 0 Å². The molecule has 138 valence electrons. The van der Waals surface area contributed by atoms with E-state index in [1.54, 1.807) is 6.92 Å². The number of hydrogen-bond acceptors (Lipinski definition) is 3. The quantitative estimate of drug-likeness (QED) is 0.206. The first kappa shape index (κ1) is 22.4. The van der Waals surface area contributed by atoms with Gasteiger partial charge in [0.1, 0.15) is 6.61 Å². The van der Waals surface area contributed by atoms with Crippen molar-refractivity contribution in [3.05, 3.63) is 10.1 Å². The fourth-order valence-corrected chi connectivity index (χ4v) is 3.12. The molecule has 0 rings (SSSR count). The predicted molar refractivity (Wildman–Crippen MR) is 97.4 cm³/mol. The molecule has 0 aromatic carbocycles. The molecule has 0 saturated carbocycles. The van der Waals surface area contributed by atoms with E-state index >= 15 is 0 Å². The van der Waals surface area contributed by atoms with E-state index in [0.29, 0.717) is 12.8 Å². The summed E-state index contributed by atoms with van der Waals surface area (Å²) in [6.07, 6.45) is 17.5. The molecule has 1 atom stereocenters. The lowest BCUT2D eigenvalue weighted by Crippen LogP contribution is -2.41. The van der Waals surface area contributed by atoms with Crippen LogP contribution in [0.4, 0.5) is 0 Å². The van der Waals surface area contributed by atoms with Gasteiger partial charge in [-0.15, -0.1) is 0 Å². The normalized spacial score (nSPS) is 13.9. The summed E-state index contributed by atoms with van der Waals surface area (Å²) in [5.41, 5.74) is -1.10. The average Bonchev–Trinajstić information content (AvgIpc) is 2.55. The first-order chi connectivity index (χ1) is 11.1. The van der Waals surface area contributed by atoms with E-state index in [9.17, 15) is 15.2 Å². The van der Waals surface area contributed by atoms with Crippen LogP contribution in [0.1, 0.15) is 110 Å². The molecule has 1 N–H and O–H groups in total. The second-order valence-corrected chi connectivity index (χ2v) is 6.99. The highest BCUT2D eigenvalue weighted by molar-refractivity contribution is 4.76. The zero-order valence-electron chi connectivity index (χ0n) is 15.5. The number of nitro groups is 1. The van der Waals surface area contributed by atoms with Crippen molar-refractivity contribution in [2.75, 3.05) is 6.61 Å². The molecule has 0 amide bonds. The van der Waals surface area contributed by atoms with Crippen LogP contribution >= 0.6 is 0 Å². The average molecular weight is 330 g/mol. The van der Waals surface area contributed by atoms with Gasteiger partial charge in [0.25, 0.3) is 0 Å². The number of aliphatic hydroxyl groups excluding tert-OH is 1. The van der Waals surface area contributed by atoms with Crippen molar-refractivity contribution in [1.29, 1.82) is 0 Å². The summed E-state index contributed by atoms with van der Waals surface area (Å²) >= 11 is 0. The molecule has 0 radical (unpaired) electrons. The van der Waals surface area contributed by atoms with Crippen molar-refractivity contribution >= 4 is 0 Å². The minimum atomic E-state index is -1.10. The van der Waals surface area contributed by atoms with Gasteiger partial charge in [-0.2, -0.15) is 0 Å². The minimum absolute atomic E-state index is 0.284. The van der Waals surface area contributed by atoms with Gasteiger partial charge in [-0.25, -0.2) is 0 Å². The van der Waals surface area contributed by atoms with Crippen LogP contribution in [0.25, 0.3) is 0 Å². The zero-order valence-corrected chi connectivity index (χ0v) is 15.5. The van der Waals surface area contributed by atoms with Gasteiger partial charge in [-0.3, -0.25) is 10.1 Å². The lowest BCUT2D eigenvalue weighted by atomic mass is 9.90. The number of unbranched alkanes of at least 4 members (excludes halogenated alkanes) is 12. The van der Waals surface area contributed by atoms with Crippen molar-refractivity contribution in [2.24, 2.45) is 0 Å². The summed E-state index contributed by atoms with van der Waals surface area (Å²) < 4.78 is 0. The van der Waals surface area contributed by atoms with Gasteiger partial charge in [0, 0.05) is 17.8 Å². The third kappa shape index (κ3) is 10.7. The number of nitrogens with zero attached hydrogens (tertiary/aromatic N) is 1. The van der Waals surface area contributed by atoms with Crippen molar-refractivity contribution in [2.45, 2.75) is 116 Å². The van der Waals surface area contributed by atoms with Gasteiger partial charge < -0.3 is 5.11 Å². The molecule has 4 nitrogen and oxygen atoms in total.